The molecule has 24 heavy (non-hydrogen) atoms. The highest BCUT2D eigenvalue weighted by molar-refractivity contribution is 5.76. The third-order valence-corrected chi connectivity index (χ3v) is 4.62. The Morgan fingerprint density at radius 2 is 2.04 bits per heavy atom. The van der Waals surface area contributed by atoms with Crippen molar-refractivity contribution >= 4 is 5.97 Å². The van der Waals surface area contributed by atoms with Crippen molar-refractivity contribution in [2.75, 3.05) is 0 Å². The van der Waals surface area contributed by atoms with Crippen molar-refractivity contribution in [2.45, 2.75) is 63.1 Å². The van der Waals surface area contributed by atoms with Crippen LogP contribution in [0.3, 0.4) is 0 Å². The van der Waals surface area contributed by atoms with Crippen molar-refractivity contribution in [3.05, 3.63) is 29.8 Å². The number of ether oxygens (including phenoxy) is 2. The Balaban J connectivity index is 1.67. The summed E-state index contributed by atoms with van der Waals surface area (Å²) in [4.78, 5) is 11.2. The molecular formula is C17H20F3NO3. The quantitative estimate of drug-likeness (QED) is 0.852. The second kappa shape index (κ2) is 6.27. The van der Waals surface area contributed by atoms with Gasteiger partial charge >= 0.3 is 12.1 Å². The molecule has 1 aromatic carbocycles. The average molecular weight is 343 g/mol. The lowest BCUT2D eigenvalue weighted by molar-refractivity contribution is -0.219. The Morgan fingerprint density at radius 1 is 1.33 bits per heavy atom. The molecule has 2 aliphatic heterocycles. The SMILES string of the molecule is CCc1ccc(O[C@@H]2C[C@@H]3CC[C@@](OC(=O)C(F)(F)F)(C2)N3)cc1. The molecule has 0 radical (unpaired) electrons. The van der Waals surface area contributed by atoms with Crippen LogP contribution in [0.5, 0.6) is 5.75 Å². The lowest BCUT2D eigenvalue weighted by Crippen LogP contribution is -2.56. The van der Waals surface area contributed by atoms with E-state index in [9.17, 15) is 18.0 Å². The largest absolute Gasteiger partial charge is 0.490 e. The van der Waals surface area contributed by atoms with Crippen molar-refractivity contribution in [3.8, 4) is 5.75 Å². The van der Waals surface area contributed by atoms with Crippen LogP contribution in [0.4, 0.5) is 13.2 Å². The van der Waals surface area contributed by atoms with Gasteiger partial charge in [-0.05, 0) is 37.0 Å². The zero-order valence-corrected chi connectivity index (χ0v) is 13.4. The maximum absolute atomic E-state index is 12.5. The minimum atomic E-state index is -4.99. The number of carbonyl (C=O) groups excluding carboxylic acids is 1. The number of esters is 1. The lowest BCUT2D eigenvalue weighted by Gasteiger charge is -2.38. The van der Waals surface area contributed by atoms with Gasteiger partial charge in [-0.15, -0.1) is 0 Å². The molecule has 0 aromatic heterocycles. The van der Waals surface area contributed by atoms with Crippen LogP contribution in [0.2, 0.25) is 0 Å². The highest BCUT2D eigenvalue weighted by Gasteiger charge is 2.53. The van der Waals surface area contributed by atoms with E-state index < -0.39 is 17.9 Å². The van der Waals surface area contributed by atoms with Crippen LogP contribution in [0.15, 0.2) is 24.3 Å². The predicted octanol–water partition coefficient (Wildman–Crippen LogP) is 3.34. The number of rotatable bonds is 4. The fraction of sp³-hybridized carbons (Fsp3) is 0.588. The summed E-state index contributed by atoms with van der Waals surface area (Å²) in [6, 6.07) is 7.64. The van der Waals surface area contributed by atoms with Crippen molar-refractivity contribution in [1.82, 2.24) is 5.32 Å². The number of halogens is 3. The molecule has 3 atom stereocenters. The smallest absolute Gasteiger partial charge is 0.490 e. The van der Waals surface area contributed by atoms with Crippen LogP contribution in [0.25, 0.3) is 0 Å². The van der Waals surface area contributed by atoms with Crippen LogP contribution in [-0.4, -0.2) is 30.0 Å². The molecule has 0 unspecified atom stereocenters. The Bertz CT molecular complexity index is 602. The van der Waals surface area contributed by atoms with Gasteiger partial charge in [-0.25, -0.2) is 4.79 Å². The van der Waals surface area contributed by atoms with Gasteiger partial charge in [0.2, 0.25) is 0 Å². The summed E-state index contributed by atoms with van der Waals surface area (Å²) in [5, 5.41) is 3.02. The molecule has 0 amide bonds. The van der Waals surface area contributed by atoms with E-state index in [-0.39, 0.29) is 18.6 Å². The Kier molecular flexibility index (Phi) is 4.46. The van der Waals surface area contributed by atoms with Crippen LogP contribution < -0.4 is 10.1 Å². The first-order valence-corrected chi connectivity index (χ1v) is 8.13. The van der Waals surface area contributed by atoms with Gasteiger partial charge in [-0.2, -0.15) is 13.2 Å². The molecule has 132 valence electrons. The summed E-state index contributed by atoms with van der Waals surface area (Å²) in [6.45, 7) is 2.05. The van der Waals surface area contributed by atoms with Crippen molar-refractivity contribution in [1.29, 1.82) is 0 Å². The molecule has 0 aliphatic carbocycles. The van der Waals surface area contributed by atoms with Crippen molar-refractivity contribution < 1.29 is 27.4 Å². The fourth-order valence-electron chi connectivity index (χ4n) is 3.47. The van der Waals surface area contributed by atoms with Crippen LogP contribution >= 0.6 is 0 Å². The third-order valence-electron chi connectivity index (χ3n) is 4.62. The van der Waals surface area contributed by atoms with Crippen LogP contribution in [-0.2, 0) is 16.0 Å². The Labute approximate surface area is 138 Å². The number of aryl methyl sites for hydroxylation is 1. The molecule has 2 heterocycles. The summed E-state index contributed by atoms with van der Waals surface area (Å²) < 4.78 is 48.2. The van der Waals surface area contributed by atoms with Gasteiger partial charge < -0.3 is 9.47 Å². The van der Waals surface area contributed by atoms with Gasteiger partial charge in [0, 0.05) is 18.9 Å². The van der Waals surface area contributed by atoms with Gasteiger partial charge in [0.15, 0.2) is 5.72 Å². The molecule has 3 rings (SSSR count). The van der Waals surface area contributed by atoms with Gasteiger partial charge in [0.05, 0.1) is 0 Å². The first-order valence-electron chi connectivity index (χ1n) is 8.13. The maximum Gasteiger partial charge on any atom is 0.490 e. The van der Waals surface area contributed by atoms with Crippen LogP contribution in [0, 0.1) is 0 Å². The molecule has 0 spiro atoms. The lowest BCUT2D eigenvalue weighted by atomic mass is 9.99. The molecule has 0 saturated carbocycles. The molecule has 1 N–H and O–H groups in total. The first-order chi connectivity index (χ1) is 11.3. The number of piperidine rings is 1. The Morgan fingerprint density at radius 3 is 2.67 bits per heavy atom. The first kappa shape index (κ1) is 17.1. The predicted molar refractivity (Wildman–Crippen MR) is 80.5 cm³/mol. The zero-order chi connectivity index (χ0) is 17.4. The standard InChI is InChI=1S/C17H20F3NO3/c1-2-11-3-5-13(6-4-11)23-14-9-12-7-8-16(10-14,21-12)24-15(22)17(18,19)20/h3-6,12,14,21H,2,7-10H2,1H3/t12-,14+,16+/m0/s1. The van der Waals surface area contributed by atoms with E-state index in [1.807, 2.05) is 24.3 Å². The third kappa shape index (κ3) is 3.66. The summed E-state index contributed by atoms with van der Waals surface area (Å²) in [6.07, 6.45) is -2.42. The van der Waals surface area contributed by atoms with Gasteiger partial charge in [0.25, 0.3) is 0 Å². The van der Waals surface area contributed by atoms with E-state index in [2.05, 4.69) is 12.2 Å². The Hall–Kier alpha value is -1.76. The molecule has 2 saturated heterocycles. The molecule has 4 nitrogen and oxygen atoms in total. The van der Waals surface area contributed by atoms with E-state index in [4.69, 9.17) is 9.47 Å². The second-order valence-corrected chi connectivity index (χ2v) is 6.44. The highest BCUT2D eigenvalue weighted by atomic mass is 19.4. The van der Waals surface area contributed by atoms with E-state index in [0.717, 1.165) is 6.42 Å². The minimum Gasteiger partial charge on any atom is -0.490 e. The zero-order valence-electron chi connectivity index (χ0n) is 13.4. The van der Waals surface area contributed by atoms with Gasteiger partial charge in [0.1, 0.15) is 11.9 Å². The average Bonchev–Trinajstić information content (AvgIpc) is 2.82. The molecule has 1 aromatic rings. The summed E-state index contributed by atoms with van der Waals surface area (Å²) in [5.41, 5.74) is -0.0906. The molecule has 2 aliphatic rings. The van der Waals surface area contributed by atoms with Gasteiger partial charge in [-0.1, -0.05) is 19.1 Å². The van der Waals surface area contributed by atoms with E-state index in [0.29, 0.717) is 25.0 Å². The second-order valence-electron chi connectivity index (χ2n) is 6.44. The topological polar surface area (TPSA) is 47.6 Å². The number of benzene rings is 1. The number of alkyl halides is 3. The summed E-state index contributed by atoms with van der Waals surface area (Å²) in [7, 11) is 0. The maximum atomic E-state index is 12.5. The number of fused-ring (bicyclic) bond motifs is 2. The van der Waals surface area contributed by atoms with Crippen molar-refractivity contribution in [2.24, 2.45) is 0 Å². The van der Waals surface area contributed by atoms with Gasteiger partial charge in [-0.3, -0.25) is 5.32 Å². The summed E-state index contributed by atoms with van der Waals surface area (Å²) >= 11 is 0. The van der Waals surface area contributed by atoms with Crippen molar-refractivity contribution in [3.63, 3.8) is 0 Å². The highest BCUT2D eigenvalue weighted by Crippen LogP contribution is 2.39. The molecular weight excluding hydrogens is 323 g/mol. The number of nitrogens with one attached hydrogen (secondary N) is 1. The monoisotopic (exact) mass is 343 g/mol. The summed E-state index contributed by atoms with van der Waals surface area (Å²) in [5.74, 6) is -1.47. The van der Waals surface area contributed by atoms with Crippen LogP contribution in [0.1, 0.15) is 38.2 Å². The normalized spacial score (nSPS) is 29.3. The fourth-order valence-corrected chi connectivity index (χ4v) is 3.47. The number of hydrogen-bond donors (Lipinski definition) is 1. The number of carbonyl (C=O) groups is 1. The van der Waals surface area contributed by atoms with E-state index in [1.165, 1.54) is 5.56 Å². The van der Waals surface area contributed by atoms with E-state index in [1.54, 1.807) is 0 Å². The van der Waals surface area contributed by atoms with E-state index >= 15 is 0 Å². The molecule has 2 fully saturated rings. The minimum absolute atomic E-state index is 0.000279. The molecule has 2 bridgehead atoms. The number of hydrogen-bond acceptors (Lipinski definition) is 4. The molecule has 7 heteroatoms.